The lowest BCUT2D eigenvalue weighted by Gasteiger charge is -2.33. The first-order chi connectivity index (χ1) is 14.9. The summed E-state index contributed by atoms with van der Waals surface area (Å²) in [5, 5.41) is 0. The van der Waals surface area contributed by atoms with Gasteiger partial charge in [0.25, 0.3) is 0 Å². The van der Waals surface area contributed by atoms with Crippen molar-refractivity contribution < 1.29 is 22.7 Å². The average Bonchev–Trinajstić information content (AvgIpc) is 2.70. The highest BCUT2D eigenvalue weighted by molar-refractivity contribution is 7.90. The standard InChI is InChI=1S/C24H32N2O5S/c1-17-14-21(8-9-22(17)32(5,28)29)30-16-20-7-6-19(15-25-20)18-10-12-26(13-11-18)23(27)31-24(2,3)4/h6-9,14-15,18H,10-13,16H2,1-5H3. The number of aromatic nitrogens is 1. The van der Waals surface area contributed by atoms with Crippen LogP contribution < -0.4 is 4.74 Å². The molecule has 0 spiro atoms. The molecule has 1 aromatic heterocycles. The molecule has 0 unspecified atom stereocenters. The second kappa shape index (κ2) is 9.48. The molecular weight excluding hydrogens is 428 g/mol. The van der Waals surface area contributed by atoms with Crippen LogP contribution in [0.25, 0.3) is 0 Å². The van der Waals surface area contributed by atoms with Crippen LogP contribution in [-0.4, -0.2) is 49.3 Å². The maximum atomic E-state index is 12.2. The highest BCUT2D eigenvalue weighted by Crippen LogP contribution is 2.28. The van der Waals surface area contributed by atoms with Crippen molar-refractivity contribution in [1.82, 2.24) is 9.88 Å². The van der Waals surface area contributed by atoms with E-state index in [2.05, 4.69) is 11.1 Å². The molecule has 3 rings (SSSR count). The molecule has 32 heavy (non-hydrogen) atoms. The highest BCUT2D eigenvalue weighted by Gasteiger charge is 2.27. The largest absolute Gasteiger partial charge is 0.487 e. The summed E-state index contributed by atoms with van der Waals surface area (Å²) in [6, 6.07) is 8.98. The van der Waals surface area contributed by atoms with Gasteiger partial charge in [-0.3, -0.25) is 4.98 Å². The van der Waals surface area contributed by atoms with Gasteiger partial charge < -0.3 is 14.4 Å². The Bertz CT molecular complexity index is 1050. The van der Waals surface area contributed by atoms with Crippen LogP contribution in [-0.2, 0) is 21.2 Å². The lowest BCUT2D eigenvalue weighted by atomic mass is 9.90. The van der Waals surface area contributed by atoms with Gasteiger partial charge in [-0.05, 0) is 81.8 Å². The first-order valence-electron chi connectivity index (χ1n) is 10.8. The predicted molar refractivity (Wildman–Crippen MR) is 123 cm³/mol. The van der Waals surface area contributed by atoms with Gasteiger partial charge in [0, 0.05) is 25.5 Å². The number of sulfone groups is 1. The van der Waals surface area contributed by atoms with Crippen molar-refractivity contribution in [2.45, 2.75) is 63.6 Å². The summed E-state index contributed by atoms with van der Waals surface area (Å²) < 4.78 is 34.7. The molecule has 1 saturated heterocycles. The van der Waals surface area contributed by atoms with Crippen molar-refractivity contribution in [3.8, 4) is 5.75 Å². The summed E-state index contributed by atoms with van der Waals surface area (Å²) in [5.74, 6) is 0.970. The van der Waals surface area contributed by atoms with Crippen LogP contribution in [0.1, 0.15) is 56.4 Å². The van der Waals surface area contributed by atoms with Gasteiger partial charge in [-0.1, -0.05) is 6.07 Å². The number of aryl methyl sites for hydroxylation is 1. The van der Waals surface area contributed by atoms with Gasteiger partial charge in [0.05, 0.1) is 10.6 Å². The molecule has 0 atom stereocenters. The molecule has 1 fully saturated rings. The van der Waals surface area contributed by atoms with Crippen molar-refractivity contribution >= 4 is 15.9 Å². The van der Waals surface area contributed by atoms with Crippen molar-refractivity contribution in [2.24, 2.45) is 0 Å². The van der Waals surface area contributed by atoms with Gasteiger partial charge in [-0.2, -0.15) is 0 Å². The van der Waals surface area contributed by atoms with Gasteiger partial charge in [-0.25, -0.2) is 13.2 Å². The number of carbonyl (C=O) groups is 1. The number of ether oxygens (including phenoxy) is 2. The summed E-state index contributed by atoms with van der Waals surface area (Å²) in [6.45, 7) is 9.03. The molecule has 1 amide bonds. The molecule has 1 aliphatic heterocycles. The number of rotatable bonds is 5. The number of amides is 1. The zero-order valence-electron chi connectivity index (χ0n) is 19.4. The minimum absolute atomic E-state index is 0.249. The number of hydrogen-bond acceptors (Lipinski definition) is 6. The molecule has 7 nitrogen and oxygen atoms in total. The third-order valence-electron chi connectivity index (χ3n) is 5.40. The fraction of sp³-hybridized carbons (Fsp3) is 0.500. The lowest BCUT2D eigenvalue weighted by molar-refractivity contribution is 0.0204. The summed E-state index contributed by atoms with van der Waals surface area (Å²) in [6.07, 6.45) is 4.58. The number of carbonyl (C=O) groups excluding carboxylic acids is 1. The first kappa shape index (κ1) is 24.0. The average molecular weight is 461 g/mol. The molecular formula is C24H32N2O5S. The minimum atomic E-state index is -3.25. The molecule has 2 heterocycles. The van der Waals surface area contributed by atoms with E-state index >= 15 is 0 Å². The second-order valence-electron chi connectivity index (χ2n) is 9.31. The molecule has 174 valence electrons. The number of nitrogens with zero attached hydrogens (tertiary/aromatic N) is 2. The summed E-state index contributed by atoms with van der Waals surface area (Å²) in [7, 11) is -3.25. The third kappa shape index (κ3) is 6.45. The number of likely N-dealkylation sites (tertiary alicyclic amines) is 1. The molecule has 0 radical (unpaired) electrons. The molecule has 0 saturated carbocycles. The molecule has 1 aromatic carbocycles. The number of benzene rings is 1. The van der Waals surface area contributed by atoms with Gasteiger partial charge in [-0.15, -0.1) is 0 Å². The van der Waals surface area contributed by atoms with E-state index in [-0.39, 0.29) is 6.09 Å². The summed E-state index contributed by atoms with van der Waals surface area (Å²) >= 11 is 0. The Balaban J connectivity index is 1.53. The fourth-order valence-corrected chi connectivity index (χ4v) is 4.73. The van der Waals surface area contributed by atoms with E-state index in [1.807, 2.05) is 33.0 Å². The SMILES string of the molecule is Cc1cc(OCc2ccc(C3CCN(C(=O)OC(C)(C)C)CC3)cn2)ccc1S(C)(=O)=O. The topological polar surface area (TPSA) is 85.8 Å². The Morgan fingerprint density at radius 3 is 2.38 bits per heavy atom. The van der Waals surface area contributed by atoms with Gasteiger partial charge in [0.1, 0.15) is 18.0 Å². The maximum absolute atomic E-state index is 12.2. The van der Waals surface area contributed by atoms with E-state index < -0.39 is 15.4 Å². The molecule has 1 aliphatic rings. The van der Waals surface area contributed by atoms with Gasteiger partial charge in [0.15, 0.2) is 9.84 Å². The molecule has 0 bridgehead atoms. The second-order valence-corrected chi connectivity index (χ2v) is 11.3. The van der Waals surface area contributed by atoms with Crippen LogP contribution in [0.4, 0.5) is 4.79 Å². The molecule has 2 aromatic rings. The van der Waals surface area contributed by atoms with Crippen LogP contribution in [0.15, 0.2) is 41.4 Å². The Kier molecular flexibility index (Phi) is 7.12. The highest BCUT2D eigenvalue weighted by atomic mass is 32.2. The molecule has 8 heteroatoms. The van der Waals surface area contributed by atoms with E-state index in [0.717, 1.165) is 24.1 Å². The Hall–Kier alpha value is -2.61. The lowest BCUT2D eigenvalue weighted by Crippen LogP contribution is -2.41. The molecule has 0 N–H and O–H groups in total. The third-order valence-corrected chi connectivity index (χ3v) is 6.66. The normalized spacial score (nSPS) is 15.5. The summed E-state index contributed by atoms with van der Waals surface area (Å²) in [5.41, 5.74) is 2.13. The quantitative estimate of drug-likeness (QED) is 0.654. The minimum Gasteiger partial charge on any atom is -0.487 e. The van der Waals surface area contributed by atoms with E-state index in [4.69, 9.17) is 9.47 Å². The van der Waals surface area contributed by atoms with Crippen LogP contribution in [0.5, 0.6) is 5.75 Å². The number of piperidine rings is 1. The van der Waals surface area contributed by atoms with E-state index in [1.165, 1.54) is 6.26 Å². The number of hydrogen-bond donors (Lipinski definition) is 0. The zero-order chi connectivity index (χ0) is 23.5. The smallest absolute Gasteiger partial charge is 0.410 e. The molecule has 0 aliphatic carbocycles. The van der Waals surface area contributed by atoms with E-state index in [1.54, 1.807) is 30.0 Å². The summed E-state index contributed by atoms with van der Waals surface area (Å²) in [4.78, 5) is 18.8. The predicted octanol–water partition coefficient (Wildman–Crippen LogP) is 4.49. The van der Waals surface area contributed by atoms with E-state index in [9.17, 15) is 13.2 Å². The fourth-order valence-electron chi connectivity index (χ4n) is 3.77. The van der Waals surface area contributed by atoms with Gasteiger partial charge in [0.2, 0.25) is 0 Å². The maximum Gasteiger partial charge on any atom is 0.410 e. The van der Waals surface area contributed by atoms with Gasteiger partial charge >= 0.3 is 6.09 Å². The van der Waals surface area contributed by atoms with Crippen LogP contribution >= 0.6 is 0 Å². The van der Waals surface area contributed by atoms with Crippen molar-refractivity contribution in [3.63, 3.8) is 0 Å². The van der Waals surface area contributed by atoms with Crippen LogP contribution in [0, 0.1) is 6.92 Å². The van der Waals surface area contributed by atoms with Crippen molar-refractivity contribution in [3.05, 3.63) is 53.3 Å². The number of pyridine rings is 1. The zero-order valence-corrected chi connectivity index (χ0v) is 20.2. The first-order valence-corrected chi connectivity index (χ1v) is 12.7. The van der Waals surface area contributed by atoms with Crippen LogP contribution in [0.3, 0.4) is 0 Å². The monoisotopic (exact) mass is 460 g/mol. The van der Waals surface area contributed by atoms with Crippen molar-refractivity contribution in [2.75, 3.05) is 19.3 Å². The van der Waals surface area contributed by atoms with Crippen LogP contribution in [0.2, 0.25) is 0 Å². The Morgan fingerprint density at radius 2 is 1.84 bits per heavy atom. The Labute approximate surface area is 190 Å². The van der Waals surface area contributed by atoms with E-state index in [0.29, 0.717) is 41.8 Å². The van der Waals surface area contributed by atoms with Crippen molar-refractivity contribution in [1.29, 1.82) is 0 Å². The Morgan fingerprint density at radius 1 is 1.16 bits per heavy atom.